The van der Waals surface area contributed by atoms with Crippen LogP contribution < -0.4 is 4.74 Å². The largest absolute Gasteiger partial charge is 0.496 e. The summed E-state index contributed by atoms with van der Waals surface area (Å²) in [7, 11) is 1.64. The lowest BCUT2D eigenvalue weighted by Gasteiger charge is -2.22. The topological polar surface area (TPSA) is 29.5 Å². The summed E-state index contributed by atoms with van der Waals surface area (Å²) in [4.78, 5) is 0. The Labute approximate surface area is 118 Å². The molecule has 0 amide bonds. The molecule has 0 heterocycles. The summed E-state index contributed by atoms with van der Waals surface area (Å²) in [6.07, 6.45) is 1.24. The van der Waals surface area contributed by atoms with Gasteiger partial charge in [-0.2, -0.15) is 0 Å². The second-order valence-corrected chi connectivity index (χ2v) is 6.81. The van der Waals surface area contributed by atoms with Crippen molar-refractivity contribution in [3.8, 4) is 5.75 Å². The predicted molar refractivity (Wildman–Crippen MR) is 79.1 cm³/mol. The first-order valence-corrected chi connectivity index (χ1v) is 7.06. The van der Waals surface area contributed by atoms with E-state index in [0.717, 1.165) is 34.2 Å². The molecule has 0 saturated heterocycles. The van der Waals surface area contributed by atoms with Crippen molar-refractivity contribution in [1.29, 1.82) is 0 Å². The van der Waals surface area contributed by atoms with Crippen molar-refractivity contribution in [3.05, 3.63) is 27.7 Å². The highest BCUT2D eigenvalue weighted by atomic mass is 79.9. The summed E-state index contributed by atoms with van der Waals surface area (Å²) in [5, 5.41) is 10.3. The van der Waals surface area contributed by atoms with Crippen LogP contribution in [0.15, 0.2) is 16.6 Å². The lowest BCUT2D eigenvalue weighted by Crippen LogP contribution is -2.09. The minimum atomic E-state index is -0.476. The Kier molecular flexibility index (Phi) is 5.23. The molecule has 0 aliphatic carbocycles. The van der Waals surface area contributed by atoms with E-state index >= 15 is 0 Å². The van der Waals surface area contributed by atoms with Crippen molar-refractivity contribution in [2.45, 2.75) is 46.6 Å². The number of benzene rings is 1. The van der Waals surface area contributed by atoms with Gasteiger partial charge in [0.2, 0.25) is 0 Å². The third-order valence-electron chi connectivity index (χ3n) is 3.04. The normalized spacial score (nSPS) is 13.5. The van der Waals surface area contributed by atoms with Crippen molar-refractivity contribution < 1.29 is 9.84 Å². The van der Waals surface area contributed by atoms with E-state index in [1.54, 1.807) is 7.11 Å². The Morgan fingerprint density at radius 3 is 2.44 bits per heavy atom. The predicted octanol–water partition coefficient (Wildman–Crippen LogP) is 4.63. The van der Waals surface area contributed by atoms with Crippen LogP contribution in [0.2, 0.25) is 0 Å². The summed E-state index contributed by atoms with van der Waals surface area (Å²) >= 11 is 3.50. The third-order valence-corrected chi connectivity index (χ3v) is 3.89. The molecule has 1 unspecified atom stereocenters. The Morgan fingerprint density at radius 1 is 1.33 bits per heavy atom. The summed E-state index contributed by atoms with van der Waals surface area (Å²) in [6, 6.07) is 3.92. The number of hydrogen-bond donors (Lipinski definition) is 1. The molecule has 18 heavy (non-hydrogen) atoms. The molecule has 0 spiro atoms. The molecule has 0 bridgehead atoms. The number of ether oxygens (including phenoxy) is 1. The van der Waals surface area contributed by atoms with Gasteiger partial charge < -0.3 is 9.84 Å². The maximum absolute atomic E-state index is 10.3. The summed E-state index contributed by atoms with van der Waals surface area (Å²) < 4.78 is 6.36. The number of aliphatic hydroxyl groups is 1. The summed E-state index contributed by atoms with van der Waals surface area (Å²) in [5.74, 6) is 0.761. The smallest absolute Gasteiger partial charge is 0.125 e. The monoisotopic (exact) mass is 314 g/mol. The number of rotatable bonds is 4. The Morgan fingerprint density at radius 2 is 1.94 bits per heavy atom. The van der Waals surface area contributed by atoms with Crippen LogP contribution in [0.1, 0.15) is 50.8 Å². The van der Waals surface area contributed by atoms with Crippen LogP contribution in [-0.4, -0.2) is 12.2 Å². The van der Waals surface area contributed by atoms with E-state index in [0.29, 0.717) is 0 Å². The van der Waals surface area contributed by atoms with E-state index < -0.39 is 6.10 Å². The molecule has 0 aliphatic rings. The van der Waals surface area contributed by atoms with Crippen LogP contribution in [0.3, 0.4) is 0 Å². The minimum Gasteiger partial charge on any atom is -0.496 e. The van der Waals surface area contributed by atoms with Crippen LogP contribution >= 0.6 is 15.9 Å². The van der Waals surface area contributed by atoms with E-state index in [1.807, 2.05) is 19.1 Å². The van der Waals surface area contributed by atoms with Crippen LogP contribution in [0, 0.1) is 12.3 Å². The molecule has 1 N–H and O–H groups in total. The van der Waals surface area contributed by atoms with E-state index in [9.17, 15) is 5.11 Å². The molecule has 1 aromatic rings. The molecule has 3 heteroatoms. The molecule has 102 valence electrons. The van der Waals surface area contributed by atoms with Crippen molar-refractivity contribution in [3.63, 3.8) is 0 Å². The van der Waals surface area contributed by atoms with Gasteiger partial charge in [-0.25, -0.2) is 0 Å². The Balaban J connectivity index is 2.91. The molecule has 1 rings (SSSR count). The zero-order chi connectivity index (χ0) is 13.9. The average Bonchev–Trinajstić information content (AvgIpc) is 2.28. The first-order valence-electron chi connectivity index (χ1n) is 6.26. The van der Waals surface area contributed by atoms with Gasteiger partial charge in [-0.3, -0.25) is 0 Å². The summed E-state index contributed by atoms with van der Waals surface area (Å²) in [5.41, 5.74) is 2.20. The van der Waals surface area contributed by atoms with E-state index in [-0.39, 0.29) is 5.41 Å². The van der Waals surface area contributed by atoms with E-state index in [4.69, 9.17) is 4.74 Å². The van der Waals surface area contributed by atoms with Gasteiger partial charge >= 0.3 is 0 Å². The lowest BCUT2D eigenvalue weighted by atomic mass is 9.88. The molecule has 2 nitrogen and oxygen atoms in total. The maximum Gasteiger partial charge on any atom is 0.125 e. The van der Waals surface area contributed by atoms with Gasteiger partial charge in [0.15, 0.2) is 0 Å². The van der Waals surface area contributed by atoms with Crippen molar-refractivity contribution in [1.82, 2.24) is 0 Å². The second kappa shape index (κ2) is 6.07. The first kappa shape index (κ1) is 15.5. The van der Waals surface area contributed by atoms with Crippen molar-refractivity contribution in [2.75, 3.05) is 7.11 Å². The quantitative estimate of drug-likeness (QED) is 0.878. The third kappa shape index (κ3) is 4.29. The van der Waals surface area contributed by atoms with Crippen LogP contribution in [-0.2, 0) is 0 Å². The lowest BCUT2D eigenvalue weighted by molar-refractivity contribution is 0.144. The number of halogens is 1. The standard InChI is InChI=1S/C15H23BrO2/c1-10-8-14(18-5)11(9-12(10)16)13(17)6-7-15(2,3)4/h8-9,13,17H,6-7H2,1-5H3. The second-order valence-electron chi connectivity index (χ2n) is 5.96. The van der Waals surface area contributed by atoms with Crippen molar-refractivity contribution >= 4 is 15.9 Å². The number of aliphatic hydroxyl groups excluding tert-OH is 1. The highest BCUT2D eigenvalue weighted by Crippen LogP contribution is 2.35. The summed E-state index contributed by atoms with van der Waals surface area (Å²) in [6.45, 7) is 8.56. The van der Waals surface area contributed by atoms with E-state index in [1.165, 1.54) is 0 Å². The Hall–Kier alpha value is -0.540. The van der Waals surface area contributed by atoms with Crippen molar-refractivity contribution in [2.24, 2.45) is 5.41 Å². The van der Waals surface area contributed by atoms with Gasteiger partial charge in [-0.15, -0.1) is 0 Å². The molecular weight excluding hydrogens is 292 g/mol. The highest BCUT2D eigenvalue weighted by Gasteiger charge is 2.18. The maximum atomic E-state index is 10.3. The van der Waals surface area contributed by atoms with Gasteiger partial charge in [0.25, 0.3) is 0 Å². The number of methoxy groups -OCH3 is 1. The molecular formula is C15H23BrO2. The average molecular weight is 315 g/mol. The van der Waals surface area contributed by atoms with Gasteiger partial charge in [-0.05, 0) is 42.9 Å². The molecule has 0 saturated carbocycles. The number of aryl methyl sites for hydroxylation is 1. The minimum absolute atomic E-state index is 0.232. The Bertz CT molecular complexity index is 408. The van der Waals surface area contributed by atoms with Gasteiger partial charge in [0, 0.05) is 10.0 Å². The van der Waals surface area contributed by atoms with Gasteiger partial charge in [-0.1, -0.05) is 36.7 Å². The number of hydrogen-bond acceptors (Lipinski definition) is 2. The van der Waals surface area contributed by atoms with E-state index in [2.05, 4.69) is 36.7 Å². The molecule has 0 aromatic heterocycles. The SMILES string of the molecule is COc1cc(C)c(Br)cc1C(O)CCC(C)(C)C. The zero-order valence-electron chi connectivity index (χ0n) is 11.9. The molecule has 0 aliphatic heterocycles. The fourth-order valence-electron chi connectivity index (χ4n) is 1.83. The fourth-order valence-corrected chi connectivity index (χ4v) is 2.19. The van der Waals surface area contributed by atoms with Gasteiger partial charge in [0.1, 0.15) is 5.75 Å². The highest BCUT2D eigenvalue weighted by molar-refractivity contribution is 9.10. The molecule has 1 aromatic carbocycles. The fraction of sp³-hybridized carbons (Fsp3) is 0.600. The van der Waals surface area contributed by atoms with Gasteiger partial charge in [0.05, 0.1) is 13.2 Å². The van der Waals surface area contributed by atoms with Crippen LogP contribution in [0.5, 0.6) is 5.75 Å². The van der Waals surface area contributed by atoms with Crippen LogP contribution in [0.25, 0.3) is 0 Å². The zero-order valence-corrected chi connectivity index (χ0v) is 13.5. The first-order chi connectivity index (χ1) is 8.24. The molecule has 0 fully saturated rings. The molecule has 0 radical (unpaired) electrons. The van der Waals surface area contributed by atoms with Crippen LogP contribution in [0.4, 0.5) is 0 Å². The molecule has 1 atom stereocenters.